The van der Waals surface area contributed by atoms with Gasteiger partial charge in [0.2, 0.25) is 0 Å². The van der Waals surface area contributed by atoms with Crippen molar-refractivity contribution in [2.75, 3.05) is 20.8 Å². The van der Waals surface area contributed by atoms with E-state index in [1.807, 2.05) is 12.1 Å². The third-order valence-corrected chi connectivity index (χ3v) is 3.99. The molecule has 0 aliphatic rings. The Bertz CT molecular complexity index is 793. The van der Waals surface area contributed by atoms with E-state index in [-0.39, 0.29) is 6.54 Å². The molecule has 1 amide bonds. The summed E-state index contributed by atoms with van der Waals surface area (Å²) in [6.45, 7) is 0.162. The summed E-state index contributed by atoms with van der Waals surface area (Å²) in [4.78, 5) is 23.1. The fraction of sp³-hybridized carbons (Fsp3) is 0.263. The Labute approximate surface area is 161 Å². The van der Waals surface area contributed by atoms with Gasteiger partial charge >= 0.3 is 5.97 Å². The molecule has 0 fully saturated rings. The van der Waals surface area contributed by atoms with Gasteiger partial charge < -0.3 is 24.6 Å². The van der Waals surface area contributed by atoms with Crippen molar-refractivity contribution in [3.8, 4) is 11.5 Å². The van der Waals surface area contributed by atoms with Crippen LogP contribution in [0.25, 0.3) is 0 Å². The van der Waals surface area contributed by atoms with E-state index in [0.717, 1.165) is 5.56 Å². The topological polar surface area (TPSA) is 94.1 Å². The number of nitrogens with one attached hydrogen (secondary N) is 1. The average Bonchev–Trinajstić information content (AvgIpc) is 2.67. The zero-order chi connectivity index (χ0) is 19.8. The summed E-state index contributed by atoms with van der Waals surface area (Å²) in [5, 5.41) is 12.1. The Morgan fingerprint density at radius 1 is 1.11 bits per heavy atom. The van der Waals surface area contributed by atoms with Crippen LogP contribution < -0.4 is 14.8 Å². The van der Waals surface area contributed by atoms with Crippen molar-refractivity contribution in [2.45, 2.75) is 12.7 Å². The molecule has 2 N–H and O–H groups in total. The lowest BCUT2D eigenvalue weighted by molar-refractivity contribution is -0.148. The van der Waals surface area contributed by atoms with Gasteiger partial charge in [-0.2, -0.15) is 0 Å². The lowest BCUT2D eigenvalue weighted by Gasteiger charge is -2.14. The number of carboxylic acids is 1. The molecule has 0 aliphatic carbocycles. The van der Waals surface area contributed by atoms with Crippen molar-refractivity contribution in [1.29, 1.82) is 0 Å². The predicted octanol–water partition coefficient (Wildman–Crippen LogP) is 2.76. The van der Waals surface area contributed by atoms with Crippen LogP contribution in [0.5, 0.6) is 11.5 Å². The number of carbonyl (C=O) groups is 2. The molecule has 0 bridgehead atoms. The molecule has 7 nitrogen and oxygen atoms in total. The first-order valence-electron chi connectivity index (χ1n) is 8.03. The summed E-state index contributed by atoms with van der Waals surface area (Å²) in [5.74, 6) is -0.732. The number of aliphatic carboxylic acids is 1. The van der Waals surface area contributed by atoms with Crippen LogP contribution in [0.15, 0.2) is 42.5 Å². The second-order valence-corrected chi connectivity index (χ2v) is 5.99. The number of amides is 1. The van der Waals surface area contributed by atoms with Crippen LogP contribution in [0.3, 0.4) is 0 Å². The van der Waals surface area contributed by atoms with E-state index in [2.05, 4.69) is 5.32 Å². The van der Waals surface area contributed by atoms with Gasteiger partial charge in [0, 0.05) is 17.7 Å². The highest BCUT2D eigenvalue weighted by Gasteiger charge is 2.18. The van der Waals surface area contributed by atoms with Crippen LogP contribution >= 0.6 is 11.6 Å². The van der Waals surface area contributed by atoms with Gasteiger partial charge in [-0.05, 0) is 35.9 Å². The van der Waals surface area contributed by atoms with E-state index >= 15 is 0 Å². The molecule has 0 heterocycles. The number of ether oxygens (including phenoxy) is 3. The van der Waals surface area contributed by atoms with Crippen molar-refractivity contribution >= 4 is 23.5 Å². The van der Waals surface area contributed by atoms with Crippen LogP contribution in [0, 0.1) is 0 Å². The van der Waals surface area contributed by atoms with Gasteiger partial charge in [-0.3, -0.25) is 4.79 Å². The van der Waals surface area contributed by atoms with Crippen LogP contribution in [0.2, 0.25) is 5.02 Å². The molecule has 8 heteroatoms. The van der Waals surface area contributed by atoms with E-state index < -0.39 is 18.0 Å². The first-order valence-corrected chi connectivity index (χ1v) is 8.41. The number of carboxylic acid groups (broad SMARTS) is 1. The van der Waals surface area contributed by atoms with Crippen molar-refractivity contribution in [1.82, 2.24) is 5.32 Å². The molecule has 0 saturated carbocycles. The molecule has 0 aromatic heterocycles. The van der Waals surface area contributed by atoms with Crippen molar-refractivity contribution in [3.05, 3.63) is 58.6 Å². The predicted molar refractivity (Wildman–Crippen MR) is 99.5 cm³/mol. The smallest absolute Gasteiger partial charge is 0.334 e. The van der Waals surface area contributed by atoms with Crippen LogP contribution in [0.4, 0.5) is 0 Å². The molecular weight excluding hydrogens is 374 g/mol. The molecule has 0 radical (unpaired) electrons. The summed E-state index contributed by atoms with van der Waals surface area (Å²) in [6, 6.07) is 12.0. The fourth-order valence-electron chi connectivity index (χ4n) is 2.23. The van der Waals surface area contributed by atoms with Gasteiger partial charge in [0.15, 0.2) is 17.6 Å². The molecule has 0 spiro atoms. The molecule has 2 aromatic carbocycles. The number of rotatable bonds is 9. The molecule has 1 atom stereocenters. The lowest BCUT2D eigenvalue weighted by Crippen LogP contribution is -2.37. The Kier molecular flexibility index (Phi) is 7.45. The second kappa shape index (κ2) is 9.80. The standard InChI is InChI=1S/C19H20ClNO6/c1-25-16-9-13(18(22)21-10-17(26-2)19(23)24)5-8-15(16)27-11-12-3-6-14(20)7-4-12/h3-9,17H,10-11H2,1-2H3,(H,21,22)(H,23,24). The number of methoxy groups -OCH3 is 2. The third kappa shape index (κ3) is 5.87. The Morgan fingerprint density at radius 2 is 1.81 bits per heavy atom. The Balaban J connectivity index is 2.02. The maximum Gasteiger partial charge on any atom is 0.334 e. The highest BCUT2D eigenvalue weighted by Crippen LogP contribution is 2.29. The molecular formula is C19H20ClNO6. The molecule has 27 heavy (non-hydrogen) atoms. The number of benzene rings is 2. The SMILES string of the molecule is COc1cc(C(=O)NCC(OC)C(=O)O)ccc1OCc1ccc(Cl)cc1. The Hall–Kier alpha value is -2.77. The van der Waals surface area contributed by atoms with Gasteiger partial charge in [-0.15, -0.1) is 0 Å². The first kappa shape index (κ1) is 20.5. The lowest BCUT2D eigenvalue weighted by atomic mass is 10.2. The van der Waals surface area contributed by atoms with E-state index in [1.54, 1.807) is 24.3 Å². The minimum absolute atomic E-state index is 0.151. The van der Waals surface area contributed by atoms with Crippen molar-refractivity contribution < 1.29 is 28.9 Å². The minimum Gasteiger partial charge on any atom is -0.493 e. The van der Waals surface area contributed by atoms with E-state index in [9.17, 15) is 9.59 Å². The molecule has 0 saturated heterocycles. The van der Waals surface area contributed by atoms with Crippen LogP contribution in [-0.4, -0.2) is 43.9 Å². The largest absolute Gasteiger partial charge is 0.493 e. The minimum atomic E-state index is -1.15. The molecule has 0 aliphatic heterocycles. The fourth-order valence-corrected chi connectivity index (χ4v) is 2.35. The quantitative estimate of drug-likeness (QED) is 0.680. The summed E-state index contributed by atoms with van der Waals surface area (Å²) in [5.41, 5.74) is 1.24. The maximum absolute atomic E-state index is 12.2. The second-order valence-electron chi connectivity index (χ2n) is 5.55. The van der Waals surface area contributed by atoms with Crippen molar-refractivity contribution in [3.63, 3.8) is 0 Å². The van der Waals surface area contributed by atoms with Crippen LogP contribution in [-0.2, 0) is 16.1 Å². The number of hydrogen-bond donors (Lipinski definition) is 2. The van der Waals surface area contributed by atoms with E-state index in [1.165, 1.54) is 20.3 Å². The van der Waals surface area contributed by atoms with Gasteiger partial charge in [0.25, 0.3) is 5.91 Å². The molecule has 2 aromatic rings. The third-order valence-electron chi connectivity index (χ3n) is 3.74. The number of hydrogen-bond acceptors (Lipinski definition) is 5. The summed E-state index contributed by atoms with van der Waals surface area (Å²) in [7, 11) is 2.73. The highest BCUT2D eigenvalue weighted by molar-refractivity contribution is 6.30. The highest BCUT2D eigenvalue weighted by atomic mass is 35.5. The zero-order valence-electron chi connectivity index (χ0n) is 14.9. The van der Waals surface area contributed by atoms with Gasteiger partial charge in [-0.1, -0.05) is 23.7 Å². The maximum atomic E-state index is 12.2. The monoisotopic (exact) mass is 393 g/mol. The summed E-state index contributed by atoms with van der Waals surface area (Å²) >= 11 is 5.86. The molecule has 2 rings (SSSR count). The van der Waals surface area contributed by atoms with Crippen LogP contribution in [0.1, 0.15) is 15.9 Å². The van der Waals surface area contributed by atoms with Crippen molar-refractivity contribution in [2.24, 2.45) is 0 Å². The number of carbonyl (C=O) groups excluding carboxylic acids is 1. The van der Waals surface area contributed by atoms with Gasteiger partial charge in [-0.25, -0.2) is 4.79 Å². The van der Waals surface area contributed by atoms with E-state index in [4.69, 9.17) is 30.9 Å². The molecule has 1 unspecified atom stereocenters. The molecule has 144 valence electrons. The first-order chi connectivity index (χ1) is 12.9. The Morgan fingerprint density at radius 3 is 2.41 bits per heavy atom. The summed E-state index contributed by atoms with van der Waals surface area (Å²) in [6.07, 6.45) is -1.11. The van der Waals surface area contributed by atoms with Gasteiger partial charge in [0.05, 0.1) is 13.7 Å². The summed E-state index contributed by atoms with van der Waals surface area (Å²) < 4.78 is 15.8. The average molecular weight is 394 g/mol. The normalized spacial score (nSPS) is 11.5. The van der Waals surface area contributed by atoms with Gasteiger partial charge in [0.1, 0.15) is 6.61 Å². The zero-order valence-corrected chi connectivity index (χ0v) is 15.7. The van der Waals surface area contributed by atoms with E-state index in [0.29, 0.717) is 28.7 Å². The number of halogens is 1.